The maximum Gasteiger partial charge on any atom is 0.243 e. The number of nitrogens with zero attached hydrogens (tertiary/aromatic N) is 2. The summed E-state index contributed by atoms with van der Waals surface area (Å²) in [5.41, 5.74) is 0. The molecular formula is C23H32N2O4S. The molecule has 1 heterocycles. The normalized spacial score (nSPS) is 16.1. The zero-order valence-corrected chi connectivity index (χ0v) is 18.7. The van der Waals surface area contributed by atoms with Gasteiger partial charge in [-0.3, -0.25) is 4.79 Å². The summed E-state index contributed by atoms with van der Waals surface area (Å²) in [5.74, 6) is 0.00465. The average Bonchev–Trinajstić information content (AvgIpc) is 2.78. The van der Waals surface area contributed by atoms with E-state index in [9.17, 15) is 13.2 Å². The SMILES string of the molecule is CCCCN(CCOC)C(=O)C1CCN(S(=O)(=O)c2ccc3ccccc3c2)CC1. The van der Waals surface area contributed by atoms with Gasteiger partial charge in [0.25, 0.3) is 0 Å². The third-order valence-corrected chi connectivity index (χ3v) is 7.72. The number of carbonyl (C=O) groups is 1. The molecule has 0 spiro atoms. The van der Waals surface area contributed by atoms with Gasteiger partial charge in [0.05, 0.1) is 11.5 Å². The number of benzene rings is 2. The van der Waals surface area contributed by atoms with E-state index >= 15 is 0 Å². The van der Waals surface area contributed by atoms with E-state index in [1.807, 2.05) is 35.2 Å². The van der Waals surface area contributed by atoms with E-state index in [4.69, 9.17) is 4.74 Å². The summed E-state index contributed by atoms with van der Waals surface area (Å²) >= 11 is 0. The lowest BCUT2D eigenvalue weighted by atomic mass is 9.96. The summed E-state index contributed by atoms with van der Waals surface area (Å²) in [6, 6.07) is 13.0. The minimum absolute atomic E-state index is 0.123. The Balaban J connectivity index is 1.66. The number of ether oxygens (including phenoxy) is 1. The first-order valence-corrected chi connectivity index (χ1v) is 12.2. The smallest absolute Gasteiger partial charge is 0.243 e. The number of piperidine rings is 1. The molecule has 0 bridgehead atoms. The second kappa shape index (κ2) is 10.4. The fourth-order valence-electron chi connectivity index (χ4n) is 3.96. The van der Waals surface area contributed by atoms with E-state index < -0.39 is 10.0 Å². The molecule has 1 fully saturated rings. The van der Waals surface area contributed by atoms with Crippen molar-refractivity contribution < 1.29 is 17.9 Å². The number of rotatable bonds is 9. The zero-order chi connectivity index (χ0) is 21.6. The molecule has 0 unspecified atom stereocenters. The Labute approximate surface area is 179 Å². The molecule has 1 saturated heterocycles. The third-order valence-electron chi connectivity index (χ3n) is 5.82. The van der Waals surface area contributed by atoms with Gasteiger partial charge in [0.1, 0.15) is 0 Å². The Bertz CT molecular complexity index is 945. The van der Waals surface area contributed by atoms with Crippen LogP contribution in [-0.2, 0) is 19.6 Å². The van der Waals surface area contributed by atoms with Crippen molar-refractivity contribution in [3.05, 3.63) is 42.5 Å². The largest absolute Gasteiger partial charge is 0.383 e. The maximum absolute atomic E-state index is 13.1. The summed E-state index contributed by atoms with van der Waals surface area (Å²) in [5, 5.41) is 1.93. The number of methoxy groups -OCH3 is 1. The molecule has 0 saturated carbocycles. The summed E-state index contributed by atoms with van der Waals surface area (Å²) < 4.78 is 32.9. The molecule has 3 rings (SSSR count). The van der Waals surface area contributed by atoms with E-state index in [1.165, 1.54) is 4.31 Å². The van der Waals surface area contributed by atoms with Gasteiger partial charge in [-0.2, -0.15) is 4.31 Å². The van der Waals surface area contributed by atoms with Crippen molar-refractivity contribution in [2.45, 2.75) is 37.5 Å². The molecule has 1 aliphatic rings. The highest BCUT2D eigenvalue weighted by Gasteiger charge is 2.33. The molecule has 6 nitrogen and oxygen atoms in total. The lowest BCUT2D eigenvalue weighted by molar-refractivity contribution is -0.137. The number of amides is 1. The molecule has 1 aliphatic heterocycles. The molecule has 0 N–H and O–H groups in total. The predicted octanol–water partition coefficient (Wildman–Crippen LogP) is 3.52. The molecule has 2 aromatic rings. The van der Waals surface area contributed by atoms with Gasteiger partial charge in [0.2, 0.25) is 15.9 Å². The van der Waals surface area contributed by atoms with Crippen LogP contribution in [0.15, 0.2) is 47.4 Å². The second-order valence-corrected chi connectivity index (χ2v) is 9.80. The first-order valence-electron chi connectivity index (χ1n) is 10.7. The van der Waals surface area contributed by atoms with Crippen LogP contribution in [0.4, 0.5) is 0 Å². The van der Waals surface area contributed by atoms with Gasteiger partial charge in [-0.15, -0.1) is 0 Å². The molecule has 30 heavy (non-hydrogen) atoms. The van der Waals surface area contributed by atoms with E-state index in [1.54, 1.807) is 19.2 Å². The van der Waals surface area contributed by atoms with Crippen LogP contribution in [0.1, 0.15) is 32.6 Å². The van der Waals surface area contributed by atoms with Gasteiger partial charge in [-0.1, -0.05) is 43.7 Å². The van der Waals surface area contributed by atoms with Gasteiger partial charge >= 0.3 is 0 Å². The van der Waals surface area contributed by atoms with Crippen LogP contribution in [-0.4, -0.2) is 63.4 Å². The Morgan fingerprint density at radius 3 is 2.47 bits per heavy atom. The standard InChI is InChI=1S/C23H32N2O4S/c1-3-4-13-24(16-17-29-2)23(26)20-11-14-25(15-12-20)30(27,28)22-10-9-19-7-5-6-8-21(19)18-22/h5-10,18,20H,3-4,11-17H2,1-2H3. The molecule has 7 heteroatoms. The Morgan fingerprint density at radius 1 is 1.10 bits per heavy atom. The van der Waals surface area contributed by atoms with E-state index in [0.717, 1.165) is 30.2 Å². The molecular weight excluding hydrogens is 400 g/mol. The average molecular weight is 433 g/mol. The molecule has 2 aromatic carbocycles. The second-order valence-electron chi connectivity index (χ2n) is 7.86. The van der Waals surface area contributed by atoms with E-state index in [0.29, 0.717) is 44.0 Å². The van der Waals surface area contributed by atoms with Crippen LogP contribution in [0.5, 0.6) is 0 Å². The van der Waals surface area contributed by atoms with Crippen molar-refractivity contribution in [1.82, 2.24) is 9.21 Å². The fourth-order valence-corrected chi connectivity index (χ4v) is 5.47. The zero-order valence-electron chi connectivity index (χ0n) is 17.9. The summed E-state index contributed by atoms with van der Waals surface area (Å²) in [4.78, 5) is 15.2. The van der Waals surface area contributed by atoms with Crippen molar-refractivity contribution >= 4 is 26.7 Å². The minimum Gasteiger partial charge on any atom is -0.383 e. The number of hydrogen-bond donors (Lipinski definition) is 0. The maximum atomic E-state index is 13.1. The van der Waals surface area contributed by atoms with Crippen molar-refractivity contribution in [3.8, 4) is 0 Å². The third kappa shape index (κ3) is 5.20. The topological polar surface area (TPSA) is 66.9 Å². The quantitative estimate of drug-likeness (QED) is 0.608. The van der Waals surface area contributed by atoms with Crippen molar-refractivity contribution in [2.24, 2.45) is 5.92 Å². The van der Waals surface area contributed by atoms with Crippen LogP contribution >= 0.6 is 0 Å². The van der Waals surface area contributed by atoms with Gasteiger partial charge in [0, 0.05) is 39.2 Å². The molecule has 0 atom stereocenters. The van der Waals surface area contributed by atoms with Crippen LogP contribution < -0.4 is 0 Å². The highest BCUT2D eigenvalue weighted by molar-refractivity contribution is 7.89. The van der Waals surface area contributed by atoms with Crippen LogP contribution in [0.3, 0.4) is 0 Å². The highest BCUT2D eigenvalue weighted by atomic mass is 32.2. The minimum atomic E-state index is -3.56. The van der Waals surface area contributed by atoms with E-state index in [-0.39, 0.29) is 11.8 Å². The highest BCUT2D eigenvalue weighted by Crippen LogP contribution is 2.27. The first-order chi connectivity index (χ1) is 14.5. The first kappa shape index (κ1) is 22.7. The number of hydrogen-bond acceptors (Lipinski definition) is 4. The summed E-state index contributed by atoms with van der Waals surface area (Å²) in [6.45, 7) is 4.69. The number of carbonyl (C=O) groups excluding carboxylic acids is 1. The molecule has 0 aromatic heterocycles. The van der Waals surface area contributed by atoms with E-state index in [2.05, 4.69) is 6.92 Å². The van der Waals surface area contributed by atoms with Gasteiger partial charge in [-0.25, -0.2) is 8.42 Å². The summed E-state index contributed by atoms with van der Waals surface area (Å²) in [6.07, 6.45) is 3.10. The Morgan fingerprint density at radius 2 is 1.80 bits per heavy atom. The number of sulfonamides is 1. The van der Waals surface area contributed by atoms with Crippen molar-refractivity contribution in [1.29, 1.82) is 0 Å². The Kier molecular flexibility index (Phi) is 7.86. The number of unbranched alkanes of at least 4 members (excludes halogenated alkanes) is 1. The molecule has 1 amide bonds. The lowest BCUT2D eigenvalue weighted by Gasteiger charge is -2.33. The van der Waals surface area contributed by atoms with Crippen LogP contribution in [0, 0.1) is 5.92 Å². The Hall–Kier alpha value is -1.96. The van der Waals surface area contributed by atoms with Crippen molar-refractivity contribution in [2.75, 3.05) is 39.9 Å². The van der Waals surface area contributed by atoms with Crippen LogP contribution in [0.25, 0.3) is 10.8 Å². The lowest BCUT2D eigenvalue weighted by Crippen LogP contribution is -2.45. The fraction of sp³-hybridized carbons (Fsp3) is 0.522. The van der Waals surface area contributed by atoms with Gasteiger partial charge in [-0.05, 0) is 42.2 Å². The molecule has 0 aliphatic carbocycles. The number of fused-ring (bicyclic) bond motifs is 1. The van der Waals surface area contributed by atoms with Crippen molar-refractivity contribution in [3.63, 3.8) is 0 Å². The summed E-state index contributed by atoms with van der Waals surface area (Å²) in [7, 11) is -1.93. The molecule has 0 radical (unpaired) electrons. The van der Waals surface area contributed by atoms with Crippen LogP contribution in [0.2, 0.25) is 0 Å². The molecule has 164 valence electrons. The van der Waals surface area contributed by atoms with Gasteiger partial charge < -0.3 is 9.64 Å². The predicted molar refractivity (Wildman–Crippen MR) is 119 cm³/mol. The monoisotopic (exact) mass is 432 g/mol. The van der Waals surface area contributed by atoms with Gasteiger partial charge in [0.15, 0.2) is 0 Å².